The van der Waals surface area contributed by atoms with Gasteiger partial charge in [-0.25, -0.2) is 4.98 Å². The van der Waals surface area contributed by atoms with Gasteiger partial charge in [-0.15, -0.1) is 0 Å². The van der Waals surface area contributed by atoms with Crippen LogP contribution in [0.5, 0.6) is 0 Å². The van der Waals surface area contributed by atoms with Crippen LogP contribution >= 0.6 is 0 Å². The fraction of sp³-hybridized carbons (Fsp3) is 0.812. The van der Waals surface area contributed by atoms with E-state index in [-0.39, 0.29) is 0 Å². The average Bonchev–Trinajstić information content (AvgIpc) is 2.97. The van der Waals surface area contributed by atoms with Crippen molar-refractivity contribution in [2.24, 2.45) is 0 Å². The highest BCUT2D eigenvalue weighted by Crippen LogP contribution is 2.31. The van der Waals surface area contributed by atoms with Gasteiger partial charge >= 0.3 is 0 Å². The molecule has 0 radical (unpaired) electrons. The molecular weight excluding hydrogens is 280 g/mol. The van der Waals surface area contributed by atoms with E-state index >= 15 is 0 Å². The van der Waals surface area contributed by atoms with Crippen molar-refractivity contribution < 1.29 is 9.47 Å². The molecular formula is C16H28N4O2. The van der Waals surface area contributed by atoms with Crippen LogP contribution in [0.4, 0.5) is 0 Å². The molecule has 3 rings (SSSR count). The lowest BCUT2D eigenvalue weighted by Gasteiger charge is -2.51. The van der Waals surface area contributed by atoms with Gasteiger partial charge in [-0.2, -0.15) is 0 Å². The number of nitrogens with zero attached hydrogens (tertiary/aromatic N) is 4. The van der Waals surface area contributed by atoms with E-state index in [4.69, 9.17) is 9.47 Å². The molecule has 1 spiro atoms. The van der Waals surface area contributed by atoms with E-state index < -0.39 is 0 Å². The fourth-order valence-corrected chi connectivity index (χ4v) is 3.67. The lowest BCUT2D eigenvalue weighted by atomic mass is 9.86. The summed E-state index contributed by atoms with van der Waals surface area (Å²) in [5.41, 5.74) is 1.58. The van der Waals surface area contributed by atoms with Gasteiger partial charge in [0.15, 0.2) is 0 Å². The topological polar surface area (TPSA) is 42.8 Å². The SMILES string of the molecule is COCCn1cncc1CN1CCN(C)C2(CCOCC2)C1. The van der Waals surface area contributed by atoms with E-state index in [0.717, 1.165) is 65.4 Å². The number of methoxy groups -OCH3 is 1. The van der Waals surface area contributed by atoms with E-state index in [9.17, 15) is 0 Å². The first-order chi connectivity index (χ1) is 10.7. The van der Waals surface area contributed by atoms with Crippen molar-refractivity contribution >= 4 is 0 Å². The van der Waals surface area contributed by atoms with Crippen molar-refractivity contribution in [2.45, 2.75) is 31.5 Å². The fourth-order valence-electron chi connectivity index (χ4n) is 3.67. The smallest absolute Gasteiger partial charge is 0.0949 e. The number of piperazine rings is 1. The molecule has 2 fully saturated rings. The third kappa shape index (κ3) is 3.35. The predicted octanol–water partition coefficient (Wildman–Crippen LogP) is 0.826. The number of ether oxygens (including phenoxy) is 2. The second-order valence-corrected chi connectivity index (χ2v) is 6.54. The average molecular weight is 308 g/mol. The maximum absolute atomic E-state index is 5.58. The van der Waals surface area contributed by atoms with Crippen LogP contribution in [0.2, 0.25) is 0 Å². The summed E-state index contributed by atoms with van der Waals surface area (Å²) in [5.74, 6) is 0. The molecule has 0 atom stereocenters. The quantitative estimate of drug-likeness (QED) is 0.806. The highest BCUT2D eigenvalue weighted by Gasteiger charge is 2.40. The van der Waals surface area contributed by atoms with Crippen molar-refractivity contribution in [3.63, 3.8) is 0 Å². The van der Waals surface area contributed by atoms with Crippen LogP contribution in [-0.2, 0) is 22.6 Å². The molecule has 0 aliphatic carbocycles. The van der Waals surface area contributed by atoms with Crippen molar-refractivity contribution in [1.29, 1.82) is 0 Å². The van der Waals surface area contributed by atoms with Gasteiger partial charge in [0.1, 0.15) is 0 Å². The summed E-state index contributed by atoms with van der Waals surface area (Å²) in [6, 6.07) is 0. The second kappa shape index (κ2) is 7.08. The Morgan fingerprint density at radius 3 is 2.91 bits per heavy atom. The largest absolute Gasteiger partial charge is 0.383 e. The molecule has 3 heterocycles. The summed E-state index contributed by atoms with van der Waals surface area (Å²) >= 11 is 0. The molecule has 2 saturated heterocycles. The Labute approximate surface area is 133 Å². The van der Waals surface area contributed by atoms with E-state index in [1.165, 1.54) is 5.69 Å². The van der Waals surface area contributed by atoms with E-state index in [1.54, 1.807) is 7.11 Å². The summed E-state index contributed by atoms with van der Waals surface area (Å²) < 4.78 is 13.0. The maximum Gasteiger partial charge on any atom is 0.0949 e. The molecule has 0 amide bonds. The zero-order valence-corrected chi connectivity index (χ0v) is 13.8. The van der Waals surface area contributed by atoms with Crippen LogP contribution in [0.1, 0.15) is 18.5 Å². The van der Waals surface area contributed by atoms with E-state index in [2.05, 4.69) is 26.4 Å². The highest BCUT2D eigenvalue weighted by molar-refractivity contribution is 5.02. The summed E-state index contributed by atoms with van der Waals surface area (Å²) in [7, 11) is 4.01. The number of hydrogen-bond acceptors (Lipinski definition) is 5. The summed E-state index contributed by atoms with van der Waals surface area (Å²) in [6.07, 6.45) is 6.19. The summed E-state index contributed by atoms with van der Waals surface area (Å²) in [5, 5.41) is 0. The zero-order chi connectivity index (χ0) is 15.4. The van der Waals surface area contributed by atoms with Crippen LogP contribution in [0.3, 0.4) is 0 Å². The Morgan fingerprint density at radius 1 is 1.32 bits per heavy atom. The van der Waals surface area contributed by atoms with Gasteiger partial charge in [-0.05, 0) is 19.9 Å². The lowest BCUT2D eigenvalue weighted by Crippen LogP contribution is -2.62. The number of aromatic nitrogens is 2. The first kappa shape index (κ1) is 15.9. The van der Waals surface area contributed by atoms with Crippen molar-refractivity contribution in [3.8, 4) is 0 Å². The molecule has 1 aromatic heterocycles. The number of rotatable bonds is 5. The normalized spacial score (nSPS) is 23.2. The summed E-state index contributed by atoms with van der Waals surface area (Å²) in [4.78, 5) is 9.43. The molecule has 124 valence electrons. The van der Waals surface area contributed by atoms with Gasteiger partial charge in [0.25, 0.3) is 0 Å². The minimum atomic E-state index is 0.299. The van der Waals surface area contributed by atoms with Gasteiger partial charge in [0.2, 0.25) is 0 Å². The Morgan fingerprint density at radius 2 is 2.14 bits per heavy atom. The lowest BCUT2D eigenvalue weighted by molar-refractivity contribution is -0.0629. The number of likely N-dealkylation sites (N-methyl/N-ethyl adjacent to an activating group) is 1. The first-order valence-electron chi connectivity index (χ1n) is 8.23. The molecule has 22 heavy (non-hydrogen) atoms. The Balaban J connectivity index is 1.64. The number of hydrogen-bond donors (Lipinski definition) is 0. The molecule has 2 aliphatic rings. The molecule has 2 aliphatic heterocycles. The molecule has 0 unspecified atom stereocenters. The molecule has 6 heteroatoms. The van der Waals surface area contributed by atoms with Crippen LogP contribution in [0.25, 0.3) is 0 Å². The van der Waals surface area contributed by atoms with Crippen molar-refractivity contribution in [1.82, 2.24) is 19.4 Å². The van der Waals surface area contributed by atoms with E-state index in [1.807, 2.05) is 12.5 Å². The van der Waals surface area contributed by atoms with E-state index in [0.29, 0.717) is 5.54 Å². The Kier molecular flexibility index (Phi) is 5.13. The third-order valence-corrected chi connectivity index (χ3v) is 5.22. The zero-order valence-electron chi connectivity index (χ0n) is 13.8. The minimum Gasteiger partial charge on any atom is -0.383 e. The van der Waals surface area contributed by atoms with Crippen LogP contribution in [-0.4, -0.2) is 78.5 Å². The first-order valence-corrected chi connectivity index (χ1v) is 8.23. The Bertz CT molecular complexity index is 470. The Hall–Kier alpha value is -0.950. The van der Waals surface area contributed by atoms with Gasteiger partial charge in [0, 0.05) is 64.8 Å². The van der Waals surface area contributed by atoms with Crippen LogP contribution < -0.4 is 0 Å². The minimum absolute atomic E-state index is 0.299. The summed E-state index contributed by atoms with van der Waals surface area (Å²) in [6.45, 7) is 7.74. The molecule has 6 nitrogen and oxygen atoms in total. The van der Waals surface area contributed by atoms with Gasteiger partial charge in [-0.3, -0.25) is 9.80 Å². The van der Waals surface area contributed by atoms with Gasteiger partial charge in [0.05, 0.1) is 18.6 Å². The maximum atomic E-state index is 5.58. The molecule has 1 aromatic rings. The highest BCUT2D eigenvalue weighted by atomic mass is 16.5. The predicted molar refractivity (Wildman–Crippen MR) is 84.8 cm³/mol. The van der Waals surface area contributed by atoms with Gasteiger partial charge in [-0.1, -0.05) is 0 Å². The number of imidazole rings is 1. The second-order valence-electron chi connectivity index (χ2n) is 6.54. The molecule has 0 bridgehead atoms. The molecule has 0 aromatic carbocycles. The van der Waals surface area contributed by atoms with Crippen LogP contribution in [0.15, 0.2) is 12.5 Å². The third-order valence-electron chi connectivity index (χ3n) is 5.22. The standard InChI is InChI=1S/C16H28N4O2/c1-18-5-6-19(13-16(18)3-8-22-9-4-16)12-15-11-17-14-20(15)7-10-21-2/h11,14H,3-10,12-13H2,1-2H3. The molecule has 0 N–H and O–H groups in total. The van der Waals surface area contributed by atoms with Gasteiger partial charge < -0.3 is 14.0 Å². The monoisotopic (exact) mass is 308 g/mol. The van der Waals surface area contributed by atoms with Crippen LogP contribution in [0, 0.1) is 0 Å². The van der Waals surface area contributed by atoms with Crippen molar-refractivity contribution in [3.05, 3.63) is 18.2 Å². The van der Waals surface area contributed by atoms with Crippen molar-refractivity contribution in [2.75, 3.05) is 53.6 Å². The molecule has 0 saturated carbocycles.